The van der Waals surface area contributed by atoms with Crippen molar-refractivity contribution in [3.05, 3.63) is 47.3 Å². The Bertz CT molecular complexity index is 799. The summed E-state index contributed by atoms with van der Waals surface area (Å²) in [6.07, 6.45) is 3.00. The Kier molecular flexibility index (Phi) is 6.24. The molecule has 0 unspecified atom stereocenters. The maximum absolute atomic E-state index is 12.8. The lowest BCUT2D eigenvalue weighted by molar-refractivity contribution is 0.0419. The molecule has 0 radical (unpaired) electrons. The molecule has 1 atom stereocenters. The molecule has 27 heavy (non-hydrogen) atoms. The van der Waals surface area contributed by atoms with Crippen LogP contribution in [0.3, 0.4) is 0 Å². The molecule has 0 N–H and O–H groups in total. The van der Waals surface area contributed by atoms with Crippen LogP contribution in [0.4, 0.5) is 0 Å². The number of carbonyl (C=O) groups excluding carboxylic acids is 2. The number of aromatic nitrogens is 1. The Morgan fingerprint density at radius 3 is 2.93 bits per heavy atom. The molecule has 3 rings (SSSR count). The number of methoxy groups -OCH3 is 1. The highest BCUT2D eigenvalue weighted by molar-refractivity contribution is 5.94. The van der Waals surface area contributed by atoms with Crippen LogP contribution in [0.25, 0.3) is 0 Å². The van der Waals surface area contributed by atoms with Crippen molar-refractivity contribution in [3.63, 3.8) is 0 Å². The van der Waals surface area contributed by atoms with Crippen LogP contribution in [0.1, 0.15) is 52.8 Å². The summed E-state index contributed by atoms with van der Waals surface area (Å²) in [5, 5.41) is 3.90. The summed E-state index contributed by atoms with van der Waals surface area (Å²) >= 11 is 0. The summed E-state index contributed by atoms with van der Waals surface area (Å²) in [7, 11) is 1.64. The largest absolute Gasteiger partial charge is 0.486 e. The normalized spacial score (nSPS) is 17.0. The number of benzene rings is 1. The molecule has 0 bridgehead atoms. The summed E-state index contributed by atoms with van der Waals surface area (Å²) in [5.41, 5.74) is 0.851. The average Bonchev–Trinajstić information content (AvgIpc) is 3.16. The molecule has 2 aromatic rings. The summed E-state index contributed by atoms with van der Waals surface area (Å²) in [6, 6.07) is 8.60. The van der Waals surface area contributed by atoms with E-state index < -0.39 is 0 Å². The highest BCUT2D eigenvalue weighted by Gasteiger charge is 2.29. The lowest BCUT2D eigenvalue weighted by Crippen LogP contribution is -2.46. The van der Waals surface area contributed by atoms with Gasteiger partial charge in [0.05, 0.1) is 12.6 Å². The van der Waals surface area contributed by atoms with Crippen LogP contribution in [0.15, 0.2) is 34.9 Å². The van der Waals surface area contributed by atoms with Crippen LogP contribution in [-0.4, -0.2) is 48.1 Å². The van der Waals surface area contributed by atoms with E-state index >= 15 is 0 Å². The molecule has 0 spiro atoms. The van der Waals surface area contributed by atoms with E-state index in [2.05, 4.69) is 5.16 Å². The first kappa shape index (κ1) is 19.1. The van der Waals surface area contributed by atoms with E-state index in [0.29, 0.717) is 30.2 Å². The predicted molar refractivity (Wildman–Crippen MR) is 97.8 cm³/mol. The minimum absolute atomic E-state index is 0.0276. The molecule has 1 saturated heterocycles. The second-order valence-electron chi connectivity index (χ2n) is 6.65. The molecule has 144 valence electrons. The molecule has 2 heterocycles. The van der Waals surface area contributed by atoms with Crippen molar-refractivity contribution in [3.8, 4) is 5.75 Å². The molecule has 7 nitrogen and oxygen atoms in total. The van der Waals surface area contributed by atoms with Gasteiger partial charge in [0.2, 0.25) is 0 Å². The lowest BCUT2D eigenvalue weighted by atomic mass is 10.0. The highest BCUT2D eigenvalue weighted by Crippen LogP contribution is 2.21. The molecule has 1 aliphatic rings. The van der Waals surface area contributed by atoms with E-state index in [1.54, 1.807) is 37.4 Å². The van der Waals surface area contributed by atoms with Gasteiger partial charge in [-0.1, -0.05) is 17.3 Å². The van der Waals surface area contributed by atoms with E-state index in [4.69, 9.17) is 14.0 Å². The molecule has 1 aromatic carbocycles. The quantitative estimate of drug-likeness (QED) is 0.695. The molecule has 1 aliphatic heterocycles. The first-order valence-electron chi connectivity index (χ1n) is 9.08. The number of likely N-dealkylation sites (tertiary alicyclic amines) is 1. The van der Waals surface area contributed by atoms with Crippen molar-refractivity contribution < 1.29 is 23.6 Å². The van der Waals surface area contributed by atoms with Gasteiger partial charge < -0.3 is 18.9 Å². The van der Waals surface area contributed by atoms with Gasteiger partial charge in [0.1, 0.15) is 12.4 Å². The minimum atomic E-state index is -0.148. The zero-order chi connectivity index (χ0) is 19.2. The number of ether oxygens (including phenoxy) is 2. The third-order valence-corrected chi connectivity index (χ3v) is 4.65. The number of hydrogen-bond acceptors (Lipinski definition) is 6. The smallest absolute Gasteiger partial charge is 0.276 e. The third kappa shape index (κ3) is 4.74. The van der Waals surface area contributed by atoms with Crippen molar-refractivity contribution in [2.45, 2.75) is 38.8 Å². The highest BCUT2D eigenvalue weighted by atomic mass is 16.5. The van der Waals surface area contributed by atoms with Crippen LogP contribution in [0, 0.1) is 0 Å². The van der Waals surface area contributed by atoms with Gasteiger partial charge in [0.25, 0.3) is 5.91 Å². The Hall–Kier alpha value is -2.67. The Balaban J connectivity index is 1.63. The fourth-order valence-corrected chi connectivity index (χ4v) is 3.22. The van der Waals surface area contributed by atoms with Crippen molar-refractivity contribution >= 4 is 11.7 Å². The van der Waals surface area contributed by atoms with Gasteiger partial charge in [-0.3, -0.25) is 9.59 Å². The van der Waals surface area contributed by atoms with Crippen LogP contribution < -0.4 is 4.74 Å². The number of amides is 1. The SMILES string of the molecule is COC[C@H]1CCCCN1C(=O)c1cc(COc2cccc(C(C)=O)c2)on1. The fraction of sp³-hybridized carbons (Fsp3) is 0.450. The summed E-state index contributed by atoms with van der Waals surface area (Å²) in [5.74, 6) is 0.834. The van der Waals surface area contributed by atoms with E-state index in [1.165, 1.54) is 6.92 Å². The Labute approximate surface area is 158 Å². The number of hydrogen-bond donors (Lipinski definition) is 0. The lowest BCUT2D eigenvalue weighted by Gasteiger charge is -2.34. The van der Waals surface area contributed by atoms with Crippen LogP contribution >= 0.6 is 0 Å². The predicted octanol–water partition coefficient (Wildman–Crippen LogP) is 3.10. The molecule has 0 saturated carbocycles. The van der Waals surface area contributed by atoms with Crippen LogP contribution in [0.5, 0.6) is 5.75 Å². The topological polar surface area (TPSA) is 81.9 Å². The Morgan fingerprint density at radius 1 is 1.30 bits per heavy atom. The standard InChI is InChI=1S/C20H24N2O5/c1-14(23)15-6-5-8-17(10-15)26-13-18-11-19(21-27-18)20(24)22-9-4-3-7-16(22)12-25-2/h5-6,8,10-11,16H,3-4,7,9,12-13H2,1-2H3/t16-/m1/s1. The third-order valence-electron chi connectivity index (χ3n) is 4.65. The monoisotopic (exact) mass is 372 g/mol. The van der Waals surface area contributed by atoms with E-state index in [0.717, 1.165) is 19.3 Å². The molecule has 7 heteroatoms. The number of piperidine rings is 1. The van der Waals surface area contributed by atoms with Gasteiger partial charge in [0, 0.05) is 25.3 Å². The molecular weight excluding hydrogens is 348 g/mol. The first-order chi connectivity index (χ1) is 13.1. The summed E-state index contributed by atoms with van der Waals surface area (Å²) in [6.45, 7) is 2.85. The van der Waals surface area contributed by atoms with Crippen LogP contribution in [-0.2, 0) is 11.3 Å². The second kappa shape index (κ2) is 8.81. The maximum Gasteiger partial charge on any atom is 0.276 e. The first-order valence-corrected chi connectivity index (χ1v) is 9.08. The number of Topliss-reactive ketones (excluding diaryl/α,β-unsaturated/α-hetero) is 1. The maximum atomic E-state index is 12.8. The van der Waals surface area contributed by atoms with E-state index in [-0.39, 0.29) is 30.0 Å². The van der Waals surface area contributed by atoms with Crippen molar-refractivity contribution in [2.75, 3.05) is 20.3 Å². The number of rotatable bonds is 7. The molecular formula is C20H24N2O5. The molecule has 0 aliphatic carbocycles. The molecule has 1 fully saturated rings. The van der Waals surface area contributed by atoms with Gasteiger partial charge in [-0.25, -0.2) is 0 Å². The molecule has 1 aromatic heterocycles. The van der Waals surface area contributed by atoms with Gasteiger partial charge >= 0.3 is 0 Å². The number of ketones is 1. The van der Waals surface area contributed by atoms with Gasteiger partial charge in [0.15, 0.2) is 17.2 Å². The zero-order valence-electron chi connectivity index (χ0n) is 15.6. The van der Waals surface area contributed by atoms with Crippen molar-refractivity contribution in [1.29, 1.82) is 0 Å². The van der Waals surface area contributed by atoms with Crippen LogP contribution in [0.2, 0.25) is 0 Å². The van der Waals surface area contributed by atoms with E-state index in [1.807, 2.05) is 4.90 Å². The summed E-state index contributed by atoms with van der Waals surface area (Å²) in [4.78, 5) is 26.0. The van der Waals surface area contributed by atoms with Gasteiger partial charge in [-0.15, -0.1) is 0 Å². The fourth-order valence-electron chi connectivity index (χ4n) is 3.22. The minimum Gasteiger partial charge on any atom is -0.486 e. The second-order valence-corrected chi connectivity index (χ2v) is 6.65. The van der Waals surface area contributed by atoms with Crippen molar-refractivity contribution in [2.24, 2.45) is 0 Å². The van der Waals surface area contributed by atoms with Gasteiger partial charge in [-0.2, -0.15) is 0 Å². The Morgan fingerprint density at radius 2 is 2.15 bits per heavy atom. The van der Waals surface area contributed by atoms with Gasteiger partial charge in [-0.05, 0) is 38.3 Å². The summed E-state index contributed by atoms with van der Waals surface area (Å²) < 4.78 is 16.1. The number of carbonyl (C=O) groups is 2. The van der Waals surface area contributed by atoms with Crippen molar-refractivity contribution in [1.82, 2.24) is 10.1 Å². The van der Waals surface area contributed by atoms with E-state index in [9.17, 15) is 9.59 Å². The zero-order valence-corrected chi connectivity index (χ0v) is 15.6. The molecule has 1 amide bonds. The average molecular weight is 372 g/mol. The number of nitrogens with zero attached hydrogens (tertiary/aromatic N) is 2.